The molecule has 0 bridgehead atoms. The summed E-state index contributed by atoms with van der Waals surface area (Å²) in [7, 11) is -3.65. The summed E-state index contributed by atoms with van der Waals surface area (Å²) in [5, 5.41) is 8.54. The second kappa shape index (κ2) is 5.60. The third-order valence-electron chi connectivity index (χ3n) is 3.09. The van der Waals surface area contributed by atoms with Gasteiger partial charge in [0.05, 0.1) is 15.7 Å². The quantitative estimate of drug-likeness (QED) is 0.904. The molecular weight excluding hydrogens is 336 g/mol. The number of carboxylic acid groups (broad SMARTS) is 1. The van der Waals surface area contributed by atoms with Crippen molar-refractivity contribution in [1.82, 2.24) is 0 Å². The Morgan fingerprint density at radius 1 is 1.32 bits per heavy atom. The molecule has 0 amide bonds. The first kappa shape index (κ1) is 14.5. The molecule has 5 nitrogen and oxygen atoms in total. The first-order chi connectivity index (χ1) is 8.93. The van der Waals surface area contributed by atoms with Crippen molar-refractivity contribution < 1.29 is 23.1 Å². The molecule has 7 heteroatoms. The zero-order valence-corrected chi connectivity index (χ0v) is 12.4. The van der Waals surface area contributed by atoms with E-state index in [1.807, 2.05) is 0 Å². The Kier molecular flexibility index (Phi) is 4.27. The van der Waals surface area contributed by atoms with Crippen LogP contribution in [0.2, 0.25) is 0 Å². The second-order valence-corrected chi connectivity index (χ2v) is 7.41. The number of sulfone groups is 1. The van der Waals surface area contributed by atoms with Crippen LogP contribution >= 0.6 is 15.9 Å². The van der Waals surface area contributed by atoms with Gasteiger partial charge in [-0.3, -0.25) is 0 Å². The minimum atomic E-state index is -3.65. The summed E-state index contributed by atoms with van der Waals surface area (Å²) in [6.07, 6.45) is 0.793. The molecule has 1 aliphatic rings. The third kappa shape index (κ3) is 2.98. The largest absolute Gasteiger partial charge is 0.478 e. The maximum Gasteiger partial charge on any atom is 0.337 e. The number of carboxylic acids is 1. The van der Waals surface area contributed by atoms with Crippen LogP contribution in [0, 0.1) is 0 Å². The standard InChI is InChI=1S/C12H13BrO5S/c13-8-1-2-10(12(14)15)11(7-8)19(16,17)9-3-5-18-6-4-9/h1-2,7,9H,3-6H2,(H,14,15). The number of halogens is 1. The molecule has 0 spiro atoms. The van der Waals surface area contributed by atoms with Crippen molar-refractivity contribution in [2.75, 3.05) is 13.2 Å². The second-order valence-electron chi connectivity index (χ2n) is 4.30. The normalized spacial score (nSPS) is 17.3. The molecule has 1 saturated heterocycles. The van der Waals surface area contributed by atoms with E-state index in [-0.39, 0.29) is 10.5 Å². The van der Waals surface area contributed by atoms with Crippen LogP contribution in [0.3, 0.4) is 0 Å². The fourth-order valence-electron chi connectivity index (χ4n) is 2.07. The monoisotopic (exact) mass is 348 g/mol. The van der Waals surface area contributed by atoms with Gasteiger partial charge in [-0.2, -0.15) is 0 Å². The minimum Gasteiger partial charge on any atom is -0.478 e. The van der Waals surface area contributed by atoms with Gasteiger partial charge in [0.2, 0.25) is 0 Å². The van der Waals surface area contributed by atoms with Crippen LogP contribution in [0.1, 0.15) is 23.2 Å². The predicted molar refractivity (Wildman–Crippen MR) is 72.1 cm³/mol. The highest BCUT2D eigenvalue weighted by Gasteiger charge is 2.32. The van der Waals surface area contributed by atoms with Gasteiger partial charge in [0, 0.05) is 17.7 Å². The highest BCUT2D eigenvalue weighted by atomic mass is 79.9. The zero-order valence-electron chi connectivity index (χ0n) is 10.0. The van der Waals surface area contributed by atoms with Gasteiger partial charge in [-0.1, -0.05) is 15.9 Å². The van der Waals surface area contributed by atoms with Gasteiger partial charge >= 0.3 is 5.97 Å². The Morgan fingerprint density at radius 3 is 2.53 bits per heavy atom. The Bertz CT molecular complexity index is 590. The first-order valence-corrected chi connectivity index (χ1v) is 8.11. The van der Waals surface area contributed by atoms with E-state index < -0.39 is 21.1 Å². The summed E-state index contributed by atoms with van der Waals surface area (Å²) >= 11 is 3.18. The first-order valence-electron chi connectivity index (χ1n) is 5.77. The molecule has 1 aromatic rings. The lowest BCUT2D eigenvalue weighted by Crippen LogP contribution is -2.30. The number of hydrogen-bond donors (Lipinski definition) is 1. The molecule has 0 saturated carbocycles. The lowest BCUT2D eigenvalue weighted by molar-refractivity contribution is 0.0692. The van der Waals surface area contributed by atoms with Crippen molar-refractivity contribution in [3.8, 4) is 0 Å². The van der Waals surface area contributed by atoms with Crippen LogP contribution in [-0.4, -0.2) is 38.0 Å². The number of aromatic carboxylic acids is 1. The molecule has 0 aliphatic carbocycles. The lowest BCUT2D eigenvalue weighted by Gasteiger charge is -2.23. The number of carbonyl (C=O) groups is 1. The predicted octanol–water partition coefficient (Wildman–Crippen LogP) is 2.10. The third-order valence-corrected chi connectivity index (χ3v) is 5.88. The zero-order chi connectivity index (χ0) is 14.0. The summed E-state index contributed by atoms with van der Waals surface area (Å²) in [6, 6.07) is 4.18. The van der Waals surface area contributed by atoms with E-state index >= 15 is 0 Å². The van der Waals surface area contributed by atoms with E-state index in [9.17, 15) is 13.2 Å². The Balaban J connectivity index is 2.49. The molecule has 0 radical (unpaired) electrons. The van der Waals surface area contributed by atoms with Gasteiger partial charge in [0.1, 0.15) is 0 Å². The van der Waals surface area contributed by atoms with Gasteiger partial charge < -0.3 is 9.84 Å². The van der Waals surface area contributed by atoms with Crippen molar-refractivity contribution in [2.24, 2.45) is 0 Å². The van der Waals surface area contributed by atoms with Crippen molar-refractivity contribution in [2.45, 2.75) is 23.0 Å². The fourth-order valence-corrected chi connectivity index (χ4v) is 4.51. The molecule has 19 heavy (non-hydrogen) atoms. The van der Waals surface area contributed by atoms with E-state index in [1.54, 1.807) is 0 Å². The van der Waals surface area contributed by atoms with Crippen molar-refractivity contribution in [3.05, 3.63) is 28.2 Å². The molecule has 0 aromatic heterocycles. The molecule has 1 aromatic carbocycles. The van der Waals surface area contributed by atoms with E-state index in [4.69, 9.17) is 9.84 Å². The maximum absolute atomic E-state index is 12.5. The van der Waals surface area contributed by atoms with Crippen molar-refractivity contribution >= 4 is 31.7 Å². The molecule has 1 fully saturated rings. The molecule has 0 unspecified atom stereocenters. The number of rotatable bonds is 3. The number of hydrogen-bond acceptors (Lipinski definition) is 4. The van der Waals surface area contributed by atoms with Crippen LogP contribution in [0.15, 0.2) is 27.6 Å². The van der Waals surface area contributed by atoms with E-state index in [2.05, 4.69) is 15.9 Å². The van der Waals surface area contributed by atoms with Gasteiger partial charge in [-0.05, 0) is 31.0 Å². The number of benzene rings is 1. The average molecular weight is 349 g/mol. The maximum atomic E-state index is 12.5. The van der Waals surface area contributed by atoms with E-state index in [0.717, 1.165) is 0 Å². The molecule has 104 valence electrons. The SMILES string of the molecule is O=C(O)c1ccc(Br)cc1S(=O)(=O)C1CCOCC1. The van der Waals surface area contributed by atoms with Crippen LogP contribution in [-0.2, 0) is 14.6 Å². The summed E-state index contributed by atoms with van der Waals surface area (Å²) in [5.41, 5.74) is -0.185. The van der Waals surface area contributed by atoms with Gasteiger partial charge in [0.25, 0.3) is 0 Å². The minimum absolute atomic E-state index is 0.124. The van der Waals surface area contributed by atoms with E-state index in [0.29, 0.717) is 30.5 Å². The Labute approximate surface area is 119 Å². The Morgan fingerprint density at radius 2 is 1.95 bits per heavy atom. The molecular formula is C12H13BrO5S. The average Bonchev–Trinajstić information content (AvgIpc) is 2.39. The highest BCUT2D eigenvalue weighted by Crippen LogP contribution is 2.28. The topological polar surface area (TPSA) is 80.7 Å². The van der Waals surface area contributed by atoms with Crippen LogP contribution < -0.4 is 0 Å². The summed E-state index contributed by atoms with van der Waals surface area (Å²) < 4.78 is 30.7. The van der Waals surface area contributed by atoms with Crippen LogP contribution in [0.25, 0.3) is 0 Å². The van der Waals surface area contributed by atoms with Gasteiger partial charge in [-0.25, -0.2) is 13.2 Å². The Hall–Kier alpha value is -0.920. The molecule has 1 N–H and O–H groups in total. The fraction of sp³-hybridized carbons (Fsp3) is 0.417. The number of ether oxygens (including phenoxy) is 1. The smallest absolute Gasteiger partial charge is 0.337 e. The van der Waals surface area contributed by atoms with Crippen molar-refractivity contribution in [3.63, 3.8) is 0 Å². The summed E-state index contributed by atoms with van der Waals surface area (Å²) in [5.74, 6) is -1.24. The summed E-state index contributed by atoms with van der Waals surface area (Å²) in [4.78, 5) is 11.0. The molecule has 1 heterocycles. The van der Waals surface area contributed by atoms with E-state index in [1.165, 1.54) is 18.2 Å². The lowest BCUT2D eigenvalue weighted by atomic mass is 10.2. The van der Waals surface area contributed by atoms with Crippen LogP contribution in [0.5, 0.6) is 0 Å². The van der Waals surface area contributed by atoms with Gasteiger partial charge in [0.15, 0.2) is 9.84 Å². The van der Waals surface area contributed by atoms with Crippen LogP contribution in [0.4, 0.5) is 0 Å². The van der Waals surface area contributed by atoms with Crippen molar-refractivity contribution in [1.29, 1.82) is 0 Å². The molecule has 2 rings (SSSR count). The molecule has 1 aliphatic heterocycles. The summed E-state index contributed by atoms with van der Waals surface area (Å²) in [6.45, 7) is 0.778. The molecule has 0 atom stereocenters. The van der Waals surface area contributed by atoms with Gasteiger partial charge in [-0.15, -0.1) is 0 Å². The highest BCUT2D eigenvalue weighted by molar-refractivity contribution is 9.10.